The van der Waals surface area contributed by atoms with E-state index >= 15 is 0 Å². The summed E-state index contributed by atoms with van der Waals surface area (Å²) in [5.74, 6) is -3.55. The van der Waals surface area contributed by atoms with Crippen LogP contribution in [-0.4, -0.2) is 80.8 Å². The zero-order valence-corrected chi connectivity index (χ0v) is 24.0. The number of aromatic amines is 1. The van der Waals surface area contributed by atoms with Gasteiger partial charge in [-0.2, -0.15) is 0 Å². The molecule has 0 spiro atoms. The minimum atomic E-state index is -1.63. The summed E-state index contributed by atoms with van der Waals surface area (Å²) < 4.78 is 0. The van der Waals surface area contributed by atoms with E-state index in [1.165, 1.54) is 19.1 Å². The summed E-state index contributed by atoms with van der Waals surface area (Å²) in [5, 5.41) is 37.5. The minimum absolute atomic E-state index is 0.00172. The van der Waals surface area contributed by atoms with Gasteiger partial charge in [-0.25, -0.2) is 4.79 Å². The Kier molecular flexibility index (Phi) is 12.0. The van der Waals surface area contributed by atoms with E-state index in [1.54, 1.807) is 18.3 Å². The smallest absolute Gasteiger partial charge is 0.328 e. The van der Waals surface area contributed by atoms with Crippen LogP contribution in [0.5, 0.6) is 5.75 Å². The monoisotopic (exact) mass is 596 g/mol. The van der Waals surface area contributed by atoms with Crippen molar-refractivity contribution < 1.29 is 34.5 Å². The molecule has 3 aromatic rings. The predicted molar refractivity (Wildman–Crippen MR) is 160 cm³/mol. The molecule has 13 heteroatoms. The molecule has 5 atom stereocenters. The molecule has 1 heterocycles. The van der Waals surface area contributed by atoms with Gasteiger partial charge >= 0.3 is 5.97 Å². The van der Waals surface area contributed by atoms with Crippen LogP contribution in [-0.2, 0) is 32.0 Å². The van der Waals surface area contributed by atoms with E-state index in [9.17, 15) is 34.5 Å². The number of aliphatic hydroxyl groups is 1. The van der Waals surface area contributed by atoms with Crippen LogP contribution in [0.3, 0.4) is 0 Å². The molecule has 3 amide bonds. The molecule has 3 rings (SSSR count). The Bertz CT molecular complexity index is 1390. The number of aromatic nitrogens is 1. The second-order valence-electron chi connectivity index (χ2n) is 10.5. The average molecular weight is 597 g/mol. The fourth-order valence-corrected chi connectivity index (χ4v) is 4.64. The first-order valence-electron chi connectivity index (χ1n) is 14.1. The summed E-state index contributed by atoms with van der Waals surface area (Å²) in [5.41, 5.74) is 13.8. The molecule has 0 aliphatic carbocycles. The van der Waals surface area contributed by atoms with Crippen LogP contribution < -0.4 is 27.4 Å². The highest BCUT2D eigenvalue weighted by atomic mass is 16.4. The van der Waals surface area contributed by atoms with Gasteiger partial charge in [-0.05, 0) is 55.6 Å². The molecule has 0 saturated carbocycles. The summed E-state index contributed by atoms with van der Waals surface area (Å²) in [6.45, 7) is 1.68. The van der Waals surface area contributed by atoms with E-state index in [0.29, 0.717) is 31.4 Å². The van der Waals surface area contributed by atoms with Crippen molar-refractivity contribution in [3.8, 4) is 5.75 Å². The Morgan fingerprint density at radius 1 is 0.884 bits per heavy atom. The fourth-order valence-electron chi connectivity index (χ4n) is 4.64. The van der Waals surface area contributed by atoms with Gasteiger partial charge in [0, 0.05) is 29.9 Å². The van der Waals surface area contributed by atoms with E-state index in [2.05, 4.69) is 20.9 Å². The molecule has 11 N–H and O–H groups in total. The quantitative estimate of drug-likeness (QED) is 0.101. The van der Waals surface area contributed by atoms with Crippen molar-refractivity contribution in [2.45, 2.75) is 69.3 Å². The number of para-hydroxylation sites is 1. The van der Waals surface area contributed by atoms with Gasteiger partial charge in [0.1, 0.15) is 17.8 Å². The number of carbonyl (C=O) groups excluding carboxylic acids is 3. The molecule has 0 fully saturated rings. The second kappa shape index (κ2) is 15.7. The van der Waals surface area contributed by atoms with Crippen LogP contribution in [0.4, 0.5) is 0 Å². The number of unbranched alkanes of at least 4 members (excludes halogenated alkanes) is 1. The lowest BCUT2D eigenvalue weighted by atomic mass is 10.0. The number of aliphatic carboxylic acids is 1. The van der Waals surface area contributed by atoms with Gasteiger partial charge in [-0.1, -0.05) is 36.8 Å². The number of rotatable bonds is 16. The van der Waals surface area contributed by atoms with Gasteiger partial charge in [0.15, 0.2) is 6.04 Å². The highest BCUT2D eigenvalue weighted by Gasteiger charge is 2.32. The molecule has 0 bridgehead atoms. The van der Waals surface area contributed by atoms with Crippen molar-refractivity contribution in [1.29, 1.82) is 0 Å². The number of aromatic hydroxyl groups is 1. The van der Waals surface area contributed by atoms with E-state index in [1.807, 2.05) is 24.3 Å². The van der Waals surface area contributed by atoms with Crippen molar-refractivity contribution in [3.05, 3.63) is 65.9 Å². The first kappa shape index (κ1) is 33.0. The van der Waals surface area contributed by atoms with Crippen LogP contribution in [0, 0.1) is 0 Å². The first-order chi connectivity index (χ1) is 20.5. The Hall–Kier alpha value is -4.46. The molecule has 5 unspecified atom stereocenters. The molecular weight excluding hydrogens is 556 g/mol. The molecule has 0 saturated heterocycles. The fraction of sp³-hybridized carbons (Fsp3) is 0.400. The lowest BCUT2D eigenvalue weighted by molar-refractivity contribution is -0.145. The van der Waals surface area contributed by atoms with Crippen molar-refractivity contribution in [1.82, 2.24) is 20.9 Å². The van der Waals surface area contributed by atoms with Gasteiger partial charge in [0.2, 0.25) is 17.7 Å². The SMILES string of the molecule is CC(O)C(NC(=O)C(Cc1ccc(O)cc1)NC(=O)C(Cc1c[nH]c2ccccc12)NC(=O)C(N)CCCCN)C(=O)O. The van der Waals surface area contributed by atoms with Gasteiger partial charge in [0.25, 0.3) is 0 Å². The molecule has 0 aliphatic heterocycles. The van der Waals surface area contributed by atoms with Gasteiger partial charge in [-0.3, -0.25) is 14.4 Å². The van der Waals surface area contributed by atoms with Gasteiger partial charge in [0.05, 0.1) is 12.1 Å². The van der Waals surface area contributed by atoms with Gasteiger partial charge < -0.3 is 47.7 Å². The summed E-state index contributed by atoms with van der Waals surface area (Å²) in [4.78, 5) is 54.8. The lowest BCUT2D eigenvalue weighted by Crippen LogP contribution is -2.59. The Morgan fingerprint density at radius 2 is 1.51 bits per heavy atom. The molecule has 0 radical (unpaired) electrons. The number of aliphatic hydroxyl groups excluding tert-OH is 1. The number of nitrogens with one attached hydrogen (secondary N) is 4. The van der Waals surface area contributed by atoms with Crippen molar-refractivity contribution in [2.75, 3.05) is 6.54 Å². The van der Waals surface area contributed by atoms with Crippen molar-refractivity contribution >= 4 is 34.6 Å². The number of carboxylic acids is 1. The largest absolute Gasteiger partial charge is 0.508 e. The number of phenols is 1. The summed E-state index contributed by atoms with van der Waals surface area (Å²) in [6.07, 6.45) is 2.00. The van der Waals surface area contributed by atoms with Crippen LogP contribution in [0.15, 0.2) is 54.7 Å². The molecule has 13 nitrogen and oxygen atoms in total. The maximum absolute atomic E-state index is 13.8. The van der Waals surface area contributed by atoms with Gasteiger partial charge in [-0.15, -0.1) is 0 Å². The molecule has 0 aliphatic rings. The number of phenolic OH excluding ortho intramolecular Hbond substituents is 1. The Labute approximate surface area is 249 Å². The highest BCUT2D eigenvalue weighted by molar-refractivity contribution is 5.95. The predicted octanol–water partition coefficient (Wildman–Crippen LogP) is 0.0348. The van der Waals surface area contributed by atoms with Crippen molar-refractivity contribution in [3.63, 3.8) is 0 Å². The van der Waals surface area contributed by atoms with E-state index < -0.39 is 54.0 Å². The first-order valence-corrected chi connectivity index (χ1v) is 14.1. The van der Waals surface area contributed by atoms with E-state index in [0.717, 1.165) is 16.5 Å². The van der Waals surface area contributed by atoms with E-state index in [-0.39, 0.29) is 18.6 Å². The number of carboxylic acid groups (broad SMARTS) is 1. The maximum Gasteiger partial charge on any atom is 0.328 e. The number of hydrogen-bond donors (Lipinski definition) is 9. The Balaban J connectivity index is 1.88. The number of hydrogen-bond acceptors (Lipinski definition) is 8. The standard InChI is InChI=1S/C30H40N6O7/c1-17(37)26(30(42)43)36-29(41)24(14-18-9-11-20(38)12-10-18)35-28(40)25(34-27(39)22(32)7-4-5-13-31)15-19-16-33-23-8-3-2-6-21(19)23/h2-3,6,8-12,16-17,22,24-26,33,37-38H,4-5,7,13-15,31-32H2,1H3,(H,34,39)(H,35,40)(H,36,41)(H,42,43). The molecule has 232 valence electrons. The third-order valence-corrected chi connectivity index (χ3v) is 7.09. The number of nitrogens with two attached hydrogens (primary N) is 2. The molecular formula is C30H40N6O7. The summed E-state index contributed by atoms with van der Waals surface area (Å²) in [6, 6.07) is 8.43. The molecule has 2 aromatic carbocycles. The number of carbonyl (C=O) groups is 4. The van der Waals surface area contributed by atoms with E-state index in [4.69, 9.17) is 11.5 Å². The van der Waals surface area contributed by atoms with Crippen LogP contribution in [0.25, 0.3) is 10.9 Å². The molecule has 1 aromatic heterocycles. The zero-order valence-electron chi connectivity index (χ0n) is 24.0. The number of amides is 3. The Morgan fingerprint density at radius 3 is 2.16 bits per heavy atom. The van der Waals surface area contributed by atoms with Crippen LogP contribution in [0.2, 0.25) is 0 Å². The summed E-state index contributed by atoms with van der Waals surface area (Å²) >= 11 is 0. The maximum atomic E-state index is 13.8. The highest BCUT2D eigenvalue weighted by Crippen LogP contribution is 2.20. The number of H-pyrrole nitrogens is 1. The number of fused-ring (bicyclic) bond motifs is 1. The normalized spacial score (nSPS) is 14.7. The third-order valence-electron chi connectivity index (χ3n) is 7.09. The topological polar surface area (TPSA) is 233 Å². The third kappa shape index (κ3) is 9.53. The summed E-state index contributed by atoms with van der Waals surface area (Å²) in [7, 11) is 0. The van der Waals surface area contributed by atoms with Crippen LogP contribution in [0.1, 0.15) is 37.3 Å². The van der Waals surface area contributed by atoms with Crippen LogP contribution >= 0.6 is 0 Å². The zero-order chi connectivity index (χ0) is 31.5. The van der Waals surface area contributed by atoms with Crippen molar-refractivity contribution in [2.24, 2.45) is 11.5 Å². The lowest BCUT2D eigenvalue weighted by Gasteiger charge is -2.26. The molecule has 43 heavy (non-hydrogen) atoms. The second-order valence-corrected chi connectivity index (χ2v) is 10.5. The number of benzene rings is 2. The average Bonchev–Trinajstić information content (AvgIpc) is 3.38. The minimum Gasteiger partial charge on any atom is -0.508 e.